The van der Waals surface area contributed by atoms with Crippen LogP contribution in [0.4, 0.5) is 0 Å². The van der Waals surface area contributed by atoms with Crippen LogP contribution in [-0.2, 0) is 14.3 Å². The molecule has 0 rings (SSSR count). The largest absolute Gasteiger partial charge is 1.00 e. The molecule has 0 aliphatic rings. The Balaban J connectivity index is 0. The van der Waals surface area contributed by atoms with Gasteiger partial charge in [0.1, 0.15) is 0 Å². The number of rotatable bonds is 3. The van der Waals surface area contributed by atoms with Crippen molar-refractivity contribution in [3.63, 3.8) is 0 Å². The van der Waals surface area contributed by atoms with Gasteiger partial charge in [-0.3, -0.25) is 4.79 Å². The molecule has 0 amide bonds. The van der Waals surface area contributed by atoms with E-state index in [2.05, 4.69) is 4.74 Å². The second-order valence-electron chi connectivity index (χ2n) is 1.19. The zero-order chi connectivity index (χ0) is 7.28. The third-order valence-electron chi connectivity index (χ3n) is 0.574. The number of carbonyl (C=O) groups excluding carboxylic acids is 2. The van der Waals surface area contributed by atoms with Crippen LogP contribution >= 0.6 is 11.6 Å². The van der Waals surface area contributed by atoms with Crippen LogP contribution in [0.5, 0.6) is 0 Å². The van der Waals surface area contributed by atoms with Gasteiger partial charge in [-0.1, -0.05) is 0 Å². The van der Waals surface area contributed by atoms with Gasteiger partial charge in [-0.25, -0.2) is 0 Å². The summed E-state index contributed by atoms with van der Waals surface area (Å²) < 4.78 is 4.36. The molecule has 10 heavy (non-hydrogen) atoms. The van der Waals surface area contributed by atoms with Crippen molar-refractivity contribution in [1.29, 1.82) is 0 Å². The van der Waals surface area contributed by atoms with Crippen molar-refractivity contribution in [1.82, 2.24) is 0 Å². The number of aldehydes is 1. The van der Waals surface area contributed by atoms with Crippen molar-refractivity contribution in [3.05, 3.63) is 5.38 Å². The molecule has 5 heteroatoms. The topological polar surface area (TPSA) is 43.4 Å². The quantitative estimate of drug-likeness (QED) is 0.162. The van der Waals surface area contributed by atoms with E-state index in [-0.39, 0.29) is 64.3 Å². The van der Waals surface area contributed by atoms with E-state index in [0.717, 1.165) is 0 Å². The Labute approximate surface area is 107 Å². The van der Waals surface area contributed by atoms with E-state index in [9.17, 15) is 9.59 Å². The third kappa shape index (κ3) is 5.70. The van der Waals surface area contributed by atoms with E-state index in [1.807, 2.05) is 0 Å². The standard InChI is InChI=1S/C5H6ClO3.K/c1-2-9-5(8)4(6)3-7;/h3H,2H2,1H3;/q-1;+1. The van der Waals surface area contributed by atoms with E-state index < -0.39 is 11.3 Å². The first-order valence-corrected chi connectivity index (χ1v) is 2.75. The van der Waals surface area contributed by atoms with E-state index >= 15 is 0 Å². The van der Waals surface area contributed by atoms with E-state index in [1.54, 1.807) is 6.92 Å². The van der Waals surface area contributed by atoms with Crippen molar-refractivity contribution < 1.29 is 65.7 Å². The van der Waals surface area contributed by atoms with Gasteiger partial charge in [-0.15, -0.1) is 5.38 Å². The molecule has 52 valence electrons. The maximum atomic E-state index is 10.4. The van der Waals surface area contributed by atoms with Crippen LogP contribution in [-0.4, -0.2) is 18.9 Å². The van der Waals surface area contributed by atoms with Gasteiger partial charge < -0.3 is 21.1 Å². The second kappa shape index (κ2) is 8.04. The molecule has 0 radical (unpaired) electrons. The SMILES string of the molecule is CCOC(=O)[C-](Cl)C=O.[K+]. The summed E-state index contributed by atoms with van der Waals surface area (Å²) in [6.45, 7) is 1.86. The Morgan fingerprint density at radius 1 is 1.80 bits per heavy atom. The summed E-state index contributed by atoms with van der Waals surface area (Å²) in [5.74, 6) is -0.769. The van der Waals surface area contributed by atoms with Gasteiger partial charge in [0.15, 0.2) is 5.97 Å². The van der Waals surface area contributed by atoms with Gasteiger partial charge in [0, 0.05) is 6.29 Å². The van der Waals surface area contributed by atoms with Gasteiger partial charge in [-0.2, -0.15) is 0 Å². The summed E-state index contributed by atoms with van der Waals surface area (Å²) >= 11 is 5.07. The fourth-order valence-electron chi connectivity index (χ4n) is 0.248. The Morgan fingerprint density at radius 3 is 2.60 bits per heavy atom. The summed E-state index contributed by atoms with van der Waals surface area (Å²) in [4.78, 5) is 20.1. The van der Waals surface area contributed by atoms with Crippen LogP contribution in [0.1, 0.15) is 6.92 Å². The predicted molar refractivity (Wildman–Crippen MR) is 31.8 cm³/mol. The molecule has 3 nitrogen and oxygen atoms in total. The van der Waals surface area contributed by atoms with Gasteiger partial charge >= 0.3 is 51.4 Å². The van der Waals surface area contributed by atoms with E-state index in [4.69, 9.17) is 11.6 Å². The predicted octanol–water partition coefficient (Wildman–Crippen LogP) is -2.48. The number of ether oxygens (including phenoxy) is 1. The van der Waals surface area contributed by atoms with Crippen LogP contribution in [0.15, 0.2) is 0 Å². The number of esters is 1. The molecule has 0 aromatic carbocycles. The minimum atomic E-state index is -0.769. The maximum Gasteiger partial charge on any atom is 1.00 e. The number of carbonyl (C=O) groups is 2. The van der Waals surface area contributed by atoms with Gasteiger partial charge in [0.25, 0.3) is 0 Å². The first-order valence-electron chi connectivity index (χ1n) is 2.37. The summed E-state index contributed by atoms with van der Waals surface area (Å²) in [7, 11) is 0. The van der Waals surface area contributed by atoms with Crippen LogP contribution in [0, 0.1) is 5.38 Å². The number of hydrogen-bond donors (Lipinski definition) is 0. The smallest absolute Gasteiger partial charge is 0.487 e. The molecule has 0 aromatic rings. The zero-order valence-electron chi connectivity index (χ0n) is 5.89. The fraction of sp³-hybridized carbons (Fsp3) is 0.400. The Kier molecular flexibility index (Phi) is 10.9. The van der Waals surface area contributed by atoms with Crippen LogP contribution < -0.4 is 51.4 Å². The minimum Gasteiger partial charge on any atom is -0.487 e. The first-order chi connectivity index (χ1) is 4.22. The third-order valence-corrected chi connectivity index (χ3v) is 0.817. The van der Waals surface area contributed by atoms with E-state index in [0.29, 0.717) is 0 Å². The van der Waals surface area contributed by atoms with Gasteiger partial charge in [-0.05, 0) is 6.92 Å². The Hall–Kier alpha value is 0.936. The maximum absolute atomic E-state index is 10.4. The van der Waals surface area contributed by atoms with Crippen molar-refractivity contribution in [3.8, 4) is 0 Å². The Bertz CT molecular complexity index is 117. The molecule has 0 saturated carbocycles. The normalized spacial score (nSPS) is 7.40. The molecule has 0 aromatic heterocycles. The summed E-state index contributed by atoms with van der Waals surface area (Å²) in [5.41, 5.74) is 0. The molecular weight excluding hydrogens is 183 g/mol. The van der Waals surface area contributed by atoms with E-state index in [1.165, 1.54) is 0 Å². The van der Waals surface area contributed by atoms with Gasteiger partial charge in [0.05, 0.1) is 6.61 Å². The number of halogens is 1. The average Bonchev–Trinajstić information content (AvgIpc) is 1.87. The average molecular weight is 189 g/mol. The Morgan fingerprint density at radius 2 is 2.30 bits per heavy atom. The minimum absolute atomic E-state index is 0. The summed E-state index contributed by atoms with van der Waals surface area (Å²) in [5, 5.41) is -0.420. The molecule has 0 spiro atoms. The van der Waals surface area contributed by atoms with Crippen LogP contribution in [0.25, 0.3) is 0 Å². The molecule has 0 unspecified atom stereocenters. The monoisotopic (exact) mass is 188 g/mol. The zero-order valence-corrected chi connectivity index (χ0v) is 9.77. The van der Waals surface area contributed by atoms with Gasteiger partial charge in [0.2, 0.25) is 0 Å². The molecule has 0 heterocycles. The van der Waals surface area contributed by atoms with Crippen molar-refractivity contribution >= 4 is 23.9 Å². The summed E-state index contributed by atoms with van der Waals surface area (Å²) in [6.07, 6.45) is 0.250. The molecule has 0 N–H and O–H groups in total. The molecule has 0 saturated heterocycles. The molecule has 0 aliphatic carbocycles. The van der Waals surface area contributed by atoms with Crippen molar-refractivity contribution in [2.24, 2.45) is 0 Å². The molecule has 0 aliphatic heterocycles. The van der Waals surface area contributed by atoms with Crippen molar-refractivity contribution in [2.45, 2.75) is 6.92 Å². The summed E-state index contributed by atoms with van der Waals surface area (Å²) in [6, 6.07) is 0. The van der Waals surface area contributed by atoms with Crippen LogP contribution in [0.3, 0.4) is 0 Å². The fourth-order valence-corrected chi connectivity index (χ4v) is 0.303. The molecule has 0 bridgehead atoms. The molecular formula is C5H6ClKO3. The van der Waals surface area contributed by atoms with Crippen molar-refractivity contribution in [2.75, 3.05) is 6.61 Å². The number of hydrogen-bond acceptors (Lipinski definition) is 3. The van der Waals surface area contributed by atoms with Crippen LogP contribution in [0.2, 0.25) is 0 Å². The molecule has 0 atom stereocenters. The first kappa shape index (κ1) is 13.5. The second-order valence-corrected chi connectivity index (χ2v) is 1.59. The molecule has 0 fully saturated rings.